The lowest BCUT2D eigenvalue weighted by atomic mass is 9.84. The van der Waals surface area contributed by atoms with E-state index in [0.717, 1.165) is 25.8 Å². The zero-order valence-electron chi connectivity index (χ0n) is 12.9. The molecule has 1 rings (SSSR count). The Hall–Kier alpha value is -0.730. The fourth-order valence-electron chi connectivity index (χ4n) is 2.48. The van der Waals surface area contributed by atoms with Crippen LogP contribution in [0.15, 0.2) is 0 Å². The zero-order chi connectivity index (χ0) is 14.0. The molecule has 0 saturated carbocycles. The van der Waals surface area contributed by atoms with Crippen molar-refractivity contribution in [3.8, 4) is 0 Å². The first kappa shape index (κ1) is 15.3. The van der Waals surface area contributed by atoms with Gasteiger partial charge in [-0.3, -0.25) is 0 Å². The Labute approximate surface area is 112 Å². The van der Waals surface area contributed by atoms with Crippen LogP contribution in [0.1, 0.15) is 67.2 Å². The number of nitrogens with zero attached hydrogens (tertiary/aromatic N) is 1. The number of piperidine rings is 1. The molecule has 1 heterocycles. The third-order valence-corrected chi connectivity index (χ3v) is 3.10. The van der Waals surface area contributed by atoms with E-state index >= 15 is 0 Å². The molecule has 0 aromatic heterocycles. The minimum atomic E-state index is -0.402. The fourth-order valence-corrected chi connectivity index (χ4v) is 2.48. The predicted octanol–water partition coefficient (Wildman–Crippen LogP) is 4.21. The molecule has 0 bridgehead atoms. The van der Waals surface area contributed by atoms with Gasteiger partial charge in [0, 0.05) is 12.6 Å². The standard InChI is InChI=1S/C15H29NO2/c1-14(2,3)11-12-9-7-8-10-16(12)13(17)18-15(4,5)6/h12H,7-11H2,1-6H3/t12-/m1/s1. The van der Waals surface area contributed by atoms with Crippen molar-refractivity contribution in [2.45, 2.75) is 78.9 Å². The van der Waals surface area contributed by atoms with Crippen molar-refractivity contribution >= 4 is 6.09 Å². The number of likely N-dealkylation sites (tertiary alicyclic amines) is 1. The predicted molar refractivity (Wildman–Crippen MR) is 74.7 cm³/mol. The van der Waals surface area contributed by atoms with Crippen LogP contribution >= 0.6 is 0 Å². The van der Waals surface area contributed by atoms with Crippen LogP contribution in [0.3, 0.4) is 0 Å². The maximum Gasteiger partial charge on any atom is 0.410 e. The molecule has 0 aromatic rings. The van der Waals surface area contributed by atoms with Crippen LogP contribution in [0.5, 0.6) is 0 Å². The van der Waals surface area contributed by atoms with E-state index < -0.39 is 5.60 Å². The molecule has 0 unspecified atom stereocenters. The van der Waals surface area contributed by atoms with Gasteiger partial charge >= 0.3 is 6.09 Å². The van der Waals surface area contributed by atoms with Gasteiger partial charge in [0.25, 0.3) is 0 Å². The van der Waals surface area contributed by atoms with Gasteiger partial charge in [-0.25, -0.2) is 4.79 Å². The van der Waals surface area contributed by atoms with E-state index in [0.29, 0.717) is 6.04 Å². The van der Waals surface area contributed by atoms with Crippen LogP contribution in [-0.2, 0) is 4.74 Å². The number of carbonyl (C=O) groups is 1. The Morgan fingerprint density at radius 1 is 1.17 bits per heavy atom. The van der Waals surface area contributed by atoms with Crippen molar-refractivity contribution in [2.75, 3.05) is 6.54 Å². The highest BCUT2D eigenvalue weighted by molar-refractivity contribution is 5.68. The summed E-state index contributed by atoms with van der Waals surface area (Å²) < 4.78 is 5.51. The van der Waals surface area contributed by atoms with Gasteiger partial charge in [-0.05, 0) is 51.9 Å². The van der Waals surface area contributed by atoms with Gasteiger partial charge in [0.05, 0.1) is 0 Å². The first-order valence-electron chi connectivity index (χ1n) is 7.08. The summed E-state index contributed by atoms with van der Waals surface area (Å²) in [5.41, 5.74) is -0.150. The first-order valence-corrected chi connectivity index (χ1v) is 7.08. The Morgan fingerprint density at radius 2 is 1.78 bits per heavy atom. The smallest absolute Gasteiger partial charge is 0.410 e. The molecule has 1 atom stereocenters. The number of ether oxygens (including phenoxy) is 1. The molecule has 1 aliphatic rings. The number of amides is 1. The van der Waals surface area contributed by atoms with Crippen molar-refractivity contribution in [3.63, 3.8) is 0 Å². The molecular weight excluding hydrogens is 226 g/mol. The molecule has 1 aliphatic heterocycles. The van der Waals surface area contributed by atoms with Gasteiger partial charge in [0.1, 0.15) is 5.60 Å². The highest BCUT2D eigenvalue weighted by atomic mass is 16.6. The van der Waals surface area contributed by atoms with Gasteiger partial charge in [0.2, 0.25) is 0 Å². The van der Waals surface area contributed by atoms with Crippen LogP contribution in [0.2, 0.25) is 0 Å². The Bertz CT molecular complexity index is 286. The number of rotatable bonds is 1. The van der Waals surface area contributed by atoms with E-state index in [4.69, 9.17) is 4.74 Å². The SMILES string of the molecule is CC(C)(C)C[C@H]1CCCCN1C(=O)OC(C)(C)C. The summed E-state index contributed by atoms with van der Waals surface area (Å²) in [5.74, 6) is 0. The highest BCUT2D eigenvalue weighted by Gasteiger charge is 2.32. The summed E-state index contributed by atoms with van der Waals surface area (Å²) >= 11 is 0. The molecule has 106 valence electrons. The summed E-state index contributed by atoms with van der Waals surface area (Å²) in [4.78, 5) is 14.2. The summed E-state index contributed by atoms with van der Waals surface area (Å²) in [6.45, 7) is 13.3. The lowest BCUT2D eigenvalue weighted by Crippen LogP contribution is -2.47. The molecule has 1 amide bonds. The van der Waals surface area contributed by atoms with E-state index in [1.807, 2.05) is 25.7 Å². The lowest BCUT2D eigenvalue weighted by molar-refractivity contribution is 0.00495. The molecule has 3 nitrogen and oxygen atoms in total. The van der Waals surface area contributed by atoms with E-state index in [1.54, 1.807) is 0 Å². The Balaban J connectivity index is 2.67. The van der Waals surface area contributed by atoms with Crippen molar-refractivity contribution in [2.24, 2.45) is 5.41 Å². The minimum absolute atomic E-state index is 0.142. The average molecular weight is 255 g/mol. The second kappa shape index (κ2) is 5.50. The van der Waals surface area contributed by atoms with Crippen molar-refractivity contribution in [1.82, 2.24) is 4.90 Å². The maximum atomic E-state index is 12.2. The summed E-state index contributed by atoms with van der Waals surface area (Å²) in [6.07, 6.45) is 4.33. The van der Waals surface area contributed by atoms with Crippen LogP contribution < -0.4 is 0 Å². The second-order valence-electron chi connectivity index (χ2n) is 7.59. The van der Waals surface area contributed by atoms with E-state index in [1.165, 1.54) is 6.42 Å². The van der Waals surface area contributed by atoms with E-state index in [2.05, 4.69) is 20.8 Å². The zero-order valence-corrected chi connectivity index (χ0v) is 12.9. The minimum Gasteiger partial charge on any atom is -0.444 e. The lowest BCUT2D eigenvalue weighted by Gasteiger charge is -2.39. The molecule has 0 radical (unpaired) electrons. The van der Waals surface area contributed by atoms with Crippen LogP contribution in [0, 0.1) is 5.41 Å². The number of hydrogen-bond acceptors (Lipinski definition) is 2. The van der Waals surface area contributed by atoms with Gasteiger partial charge in [-0.1, -0.05) is 20.8 Å². The molecule has 18 heavy (non-hydrogen) atoms. The molecule has 0 N–H and O–H groups in total. The van der Waals surface area contributed by atoms with Gasteiger partial charge in [-0.2, -0.15) is 0 Å². The molecule has 1 fully saturated rings. The first-order chi connectivity index (χ1) is 8.08. The van der Waals surface area contributed by atoms with Crippen molar-refractivity contribution in [1.29, 1.82) is 0 Å². The average Bonchev–Trinajstić information content (AvgIpc) is 2.12. The second-order valence-corrected chi connectivity index (χ2v) is 7.59. The molecule has 0 spiro atoms. The summed E-state index contributed by atoms with van der Waals surface area (Å²) in [7, 11) is 0. The molecule has 0 aromatic carbocycles. The van der Waals surface area contributed by atoms with E-state index in [-0.39, 0.29) is 11.5 Å². The van der Waals surface area contributed by atoms with Crippen molar-refractivity contribution < 1.29 is 9.53 Å². The quantitative estimate of drug-likeness (QED) is 0.702. The van der Waals surface area contributed by atoms with Crippen LogP contribution in [0.4, 0.5) is 4.79 Å². The fraction of sp³-hybridized carbons (Fsp3) is 0.933. The third-order valence-electron chi connectivity index (χ3n) is 3.10. The largest absolute Gasteiger partial charge is 0.444 e. The van der Waals surface area contributed by atoms with Gasteiger partial charge in [0.15, 0.2) is 0 Å². The Morgan fingerprint density at radius 3 is 2.28 bits per heavy atom. The van der Waals surface area contributed by atoms with E-state index in [9.17, 15) is 4.79 Å². The monoisotopic (exact) mass is 255 g/mol. The Kier molecular flexibility index (Phi) is 4.68. The number of hydrogen-bond donors (Lipinski definition) is 0. The van der Waals surface area contributed by atoms with Crippen molar-refractivity contribution in [3.05, 3.63) is 0 Å². The third kappa shape index (κ3) is 5.28. The topological polar surface area (TPSA) is 29.5 Å². The molecular formula is C15H29NO2. The summed E-state index contributed by atoms with van der Waals surface area (Å²) in [5, 5.41) is 0. The molecule has 1 saturated heterocycles. The van der Waals surface area contributed by atoms with Crippen LogP contribution in [0.25, 0.3) is 0 Å². The van der Waals surface area contributed by atoms with Gasteiger partial charge in [-0.15, -0.1) is 0 Å². The van der Waals surface area contributed by atoms with Gasteiger partial charge < -0.3 is 9.64 Å². The number of carbonyl (C=O) groups excluding carboxylic acids is 1. The molecule has 0 aliphatic carbocycles. The highest BCUT2D eigenvalue weighted by Crippen LogP contribution is 2.30. The normalized spacial score (nSPS) is 21.9. The maximum absolute atomic E-state index is 12.2. The molecule has 3 heteroatoms. The van der Waals surface area contributed by atoms with Crippen LogP contribution in [-0.4, -0.2) is 29.2 Å². The summed E-state index contributed by atoms with van der Waals surface area (Å²) in [6, 6.07) is 0.341.